The zero-order valence-corrected chi connectivity index (χ0v) is 10.8. The highest BCUT2D eigenvalue weighted by molar-refractivity contribution is 7.85. The van der Waals surface area contributed by atoms with Crippen molar-refractivity contribution in [2.45, 2.75) is 23.5 Å². The van der Waals surface area contributed by atoms with Crippen molar-refractivity contribution >= 4 is 22.7 Å². The highest BCUT2D eigenvalue weighted by atomic mass is 32.2. The number of carbonyl (C=O) groups excluding carboxylic acids is 2. The van der Waals surface area contributed by atoms with E-state index >= 15 is 0 Å². The zero-order chi connectivity index (χ0) is 14.6. The summed E-state index contributed by atoms with van der Waals surface area (Å²) in [6.45, 7) is 0. The molecule has 0 saturated heterocycles. The molecule has 0 radical (unpaired) electrons. The minimum atomic E-state index is -1.71. The Hall–Kier alpha value is -1.78. The van der Waals surface area contributed by atoms with Gasteiger partial charge in [-0.2, -0.15) is 0 Å². The van der Waals surface area contributed by atoms with Gasteiger partial charge >= 0.3 is 0 Å². The molecule has 0 amide bonds. The van der Waals surface area contributed by atoms with Gasteiger partial charge in [0.25, 0.3) is 0 Å². The number of rotatable bonds is 7. The molecule has 1 unspecified atom stereocenters. The van der Waals surface area contributed by atoms with E-state index in [1.807, 2.05) is 0 Å². The molecule has 1 aromatic rings. The molecular formula is C9H14N4O5S. The van der Waals surface area contributed by atoms with Crippen molar-refractivity contribution in [3.05, 3.63) is 12.0 Å². The predicted octanol–water partition coefficient (Wildman–Crippen LogP) is -6.22. The summed E-state index contributed by atoms with van der Waals surface area (Å²) in [5.74, 6) is -3.00. The number of carboxylic acids is 2. The number of nitrogens with zero attached hydrogens (tertiary/aromatic N) is 1. The van der Waals surface area contributed by atoms with Gasteiger partial charge in [0.2, 0.25) is 0 Å². The van der Waals surface area contributed by atoms with E-state index in [9.17, 15) is 24.0 Å². The number of aliphatic carboxylic acids is 2. The van der Waals surface area contributed by atoms with Gasteiger partial charge in [0.05, 0.1) is 34.5 Å². The van der Waals surface area contributed by atoms with Crippen molar-refractivity contribution in [2.75, 3.05) is 5.75 Å². The van der Waals surface area contributed by atoms with Crippen LogP contribution in [0.5, 0.6) is 0 Å². The van der Waals surface area contributed by atoms with Gasteiger partial charge in [-0.15, -0.1) is 0 Å². The molecule has 7 N–H and O–H groups in total. The number of nitrogens with one attached hydrogen (secondary N) is 1. The van der Waals surface area contributed by atoms with E-state index in [2.05, 4.69) is 21.4 Å². The summed E-state index contributed by atoms with van der Waals surface area (Å²) in [6, 6.07) is -2.16. The Morgan fingerprint density at radius 3 is 2.42 bits per heavy atom. The third-order valence-electron chi connectivity index (χ3n) is 2.36. The lowest BCUT2D eigenvalue weighted by molar-refractivity contribution is -0.437. The average Bonchev–Trinajstić information content (AvgIpc) is 2.76. The summed E-state index contributed by atoms with van der Waals surface area (Å²) in [5, 5.41) is 21.2. The molecule has 1 rings (SSSR count). The first-order valence-electron chi connectivity index (χ1n) is 5.31. The summed E-state index contributed by atoms with van der Waals surface area (Å²) < 4.78 is 11.9. The second kappa shape index (κ2) is 6.41. The molecule has 19 heavy (non-hydrogen) atoms. The summed E-state index contributed by atoms with van der Waals surface area (Å²) in [5.41, 5.74) is 7.00. The number of hydrogen-bond donors (Lipinski definition) is 3. The molecule has 1 aromatic heterocycles. The second-order valence-corrected chi connectivity index (χ2v) is 5.35. The van der Waals surface area contributed by atoms with Crippen molar-refractivity contribution in [3.63, 3.8) is 0 Å². The lowest BCUT2D eigenvalue weighted by Gasteiger charge is -2.10. The molecule has 3 atom stereocenters. The molecule has 0 aliphatic heterocycles. The largest absolute Gasteiger partial charge is 0.544 e. The Kier molecular flexibility index (Phi) is 5.15. The Morgan fingerprint density at radius 1 is 1.32 bits per heavy atom. The highest BCUT2D eigenvalue weighted by Crippen LogP contribution is 2.10. The maximum absolute atomic E-state index is 11.9. The van der Waals surface area contributed by atoms with Crippen LogP contribution in [0.15, 0.2) is 11.4 Å². The van der Waals surface area contributed by atoms with Gasteiger partial charge in [-0.25, -0.2) is 4.98 Å². The number of carboxylic acid groups (broad SMARTS) is 2. The molecule has 0 aliphatic carbocycles. The van der Waals surface area contributed by atoms with Crippen LogP contribution in [-0.4, -0.2) is 44.0 Å². The standard InChI is InChI=1S/C9H14N4O5S/c10-4(8(14)15)1-6-7(13-3-12-6)19(18)2-5(11)9(16)17/h3-5H,1-2,10-11H2,(H,12,13)(H,14,15)(H,16,17)/t4-,5-,19?/m0/s1. The topological polar surface area (TPSA) is 181 Å². The molecule has 1 heterocycles. The maximum Gasteiger partial charge on any atom is 0.148 e. The van der Waals surface area contributed by atoms with E-state index < -0.39 is 34.8 Å². The number of H-pyrrole nitrogens is 1. The van der Waals surface area contributed by atoms with Crippen LogP contribution in [0.4, 0.5) is 0 Å². The molecule has 9 nitrogen and oxygen atoms in total. The highest BCUT2D eigenvalue weighted by Gasteiger charge is 2.21. The summed E-state index contributed by atoms with van der Waals surface area (Å²) in [4.78, 5) is 27.6. The van der Waals surface area contributed by atoms with Crippen molar-refractivity contribution in [1.82, 2.24) is 9.97 Å². The SMILES string of the molecule is [NH3+][C@@H](Cc1[nH]cnc1S(=O)C[C@H]([NH3+])C(=O)[O-])C(=O)[O-]. The van der Waals surface area contributed by atoms with Crippen LogP contribution in [0.2, 0.25) is 0 Å². The minimum absolute atomic E-state index is 0.0312. The van der Waals surface area contributed by atoms with Crippen molar-refractivity contribution < 1.29 is 35.5 Å². The van der Waals surface area contributed by atoms with Crippen LogP contribution in [0.25, 0.3) is 0 Å². The molecule has 106 valence electrons. The van der Waals surface area contributed by atoms with E-state index in [4.69, 9.17) is 0 Å². The molecule has 10 heteroatoms. The first kappa shape index (κ1) is 15.3. The van der Waals surface area contributed by atoms with Gasteiger partial charge in [0.1, 0.15) is 23.1 Å². The normalized spacial score (nSPS) is 15.7. The second-order valence-electron chi connectivity index (χ2n) is 3.93. The van der Waals surface area contributed by atoms with Gasteiger partial charge in [-0.05, 0) is 0 Å². The van der Waals surface area contributed by atoms with Crippen LogP contribution < -0.4 is 21.7 Å². The smallest absolute Gasteiger partial charge is 0.148 e. The van der Waals surface area contributed by atoms with E-state index in [0.29, 0.717) is 5.69 Å². The first-order valence-corrected chi connectivity index (χ1v) is 6.63. The quantitative estimate of drug-likeness (QED) is 0.449. The molecule has 0 spiro atoms. The Labute approximate surface area is 110 Å². The van der Waals surface area contributed by atoms with E-state index in [-0.39, 0.29) is 17.2 Å². The first-order chi connectivity index (χ1) is 8.82. The number of quaternary nitrogens is 2. The molecule has 0 aliphatic rings. The molecule has 0 bridgehead atoms. The maximum atomic E-state index is 11.9. The lowest BCUT2D eigenvalue weighted by atomic mass is 10.2. The fourth-order valence-corrected chi connectivity index (χ4v) is 2.56. The monoisotopic (exact) mass is 290 g/mol. The predicted molar refractivity (Wildman–Crippen MR) is 56.9 cm³/mol. The van der Waals surface area contributed by atoms with Crippen LogP contribution in [-0.2, 0) is 26.8 Å². The van der Waals surface area contributed by atoms with Gasteiger partial charge in [-0.3, -0.25) is 4.21 Å². The van der Waals surface area contributed by atoms with Crippen molar-refractivity contribution in [2.24, 2.45) is 0 Å². The van der Waals surface area contributed by atoms with Crippen molar-refractivity contribution in [3.8, 4) is 0 Å². The number of imidazole rings is 1. The molecular weight excluding hydrogens is 276 g/mol. The minimum Gasteiger partial charge on any atom is -0.544 e. The Bertz CT molecular complexity index is 503. The summed E-state index contributed by atoms with van der Waals surface area (Å²) in [7, 11) is -1.71. The fraction of sp³-hybridized carbons (Fsp3) is 0.444. The zero-order valence-electron chi connectivity index (χ0n) is 9.96. The van der Waals surface area contributed by atoms with E-state index in [1.165, 1.54) is 6.33 Å². The van der Waals surface area contributed by atoms with E-state index in [0.717, 1.165) is 0 Å². The number of carbonyl (C=O) groups is 2. The number of aromatic amines is 1. The third kappa shape index (κ3) is 4.12. The Morgan fingerprint density at radius 2 is 1.89 bits per heavy atom. The molecule has 0 saturated carbocycles. The summed E-state index contributed by atoms with van der Waals surface area (Å²) >= 11 is 0. The molecule has 0 aromatic carbocycles. The van der Waals surface area contributed by atoms with Gasteiger partial charge in [0.15, 0.2) is 0 Å². The lowest BCUT2D eigenvalue weighted by Crippen LogP contribution is -2.70. The fourth-order valence-electron chi connectivity index (χ4n) is 1.31. The average molecular weight is 290 g/mol. The van der Waals surface area contributed by atoms with Crippen LogP contribution in [0.3, 0.4) is 0 Å². The van der Waals surface area contributed by atoms with Crippen LogP contribution in [0.1, 0.15) is 5.69 Å². The van der Waals surface area contributed by atoms with Gasteiger partial charge < -0.3 is 36.3 Å². The van der Waals surface area contributed by atoms with Crippen LogP contribution >= 0.6 is 0 Å². The molecule has 0 fully saturated rings. The van der Waals surface area contributed by atoms with Gasteiger partial charge in [-0.1, -0.05) is 0 Å². The Balaban J connectivity index is 2.79. The number of hydrogen-bond acceptors (Lipinski definition) is 6. The van der Waals surface area contributed by atoms with Crippen molar-refractivity contribution in [1.29, 1.82) is 0 Å². The van der Waals surface area contributed by atoms with E-state index in [1.54, 1.807) is 0 Å². The van der Waals surface area contributed by atoms with Gasteiger partial charge in [0, 0.05) is 6.42 Å². The summed E-state index contributed by atoms with van der Waals surface area (Å²) in [6.07, 6.45) is 1.22. The van der Waals surface area contributed by atoms with Crippen LogP contribution in [0, 0.1) is 0 Å². The third-order valence-corrected chi connectivity index (χ3v) is 3.85. The number of aromatic nitrogens is 2.